The van der Waals surface area contributed by atoms with Crippen LogP contribution in [0.2, 0.25) is 5.02 Å². The third-order valence-electron chi connectivity index (χ3n) is 6.42. The molecule has 2 amide bonds. The van der Waals surface area contributed by atoms with Crippen LogP contribution in [0.4, 0.5) is 16.2 Å². The maximum absolute atomic E-state index is 12.4. The number of carbonyl (C=O) groups excluding carboxylic acids is 1. The zero-order chi connectivity index (χ0) is 25.2. The van der Waals surface area contributed by atoms with Crippen LogP contribution in [0.5, 0.6) is 5.75 Å². The molecule has 0 radical (unpaired) electrons. The fourth-order valence-electron chi connectivity index (χ4n) is 4.33. The molecule has 3 aromatic rings. The van der Waals surface area contributed by atoms with Gasteiger partial charge in [-0.3, -0.25) is 4.90 Å². The minimum Gasteiger partial charge on any atom is -0.494 e. The van der Waals surface area contributed by atoms with Gasteiger partial charge in [-0.15, -0.1) is 0 Å². The summed E-state index contributed by atoms with van der Waals surface area (Å²) in [5.74, 6) is 0.864. The Morgan fingerprint density at radius 2 is 1.61 bits per heavy atom. The van der Waals surface area contributed by atoms with Crippen LogP contribution in [0.3, 0.4) is 0 Å². The Morgan fingerprint density at radius 1 is 0.917 bits per heavy atom. The SMILES string of the molecule is CN(Cc1ccc(OCCCCN2CCN(c3ccccc3Cl)CC2)cc1)C(=O)Nc1ccccc1. The van der Waals surface area contributed by atoms with E-state index in [0.717, 1.165) is 73.3 Å². The number of nitrogens with zero attached hydrogens (tertiary/aromatic N) is 3. The van der Waals surface area contributed by atoms with Gasteiger partial charge < -0.3 is 19.9 Å². The maximum atomic E-state index is 12.4. The number of urea groups is 1. The highest BCUT2D eigenvalue weighted by Gasteiger charge is 2.18. The summed E-state index contributed by atoms with van der Waals surface area (Å²) in [7, 11) is 1.79. The van der Waals surface area contributed by atoms with Gasteiger partial charge in [0.25, 0.3) is 0 Å². The first-order valence-electron chi connectivity index (χ1n) is 12.6. The molecule has 0 bridgehead atoms. The lowest BCUT2D eigenvalue weighted by molar-refractivity contribution is 0.220. The predicted molar refractivity (Wildman–Crippen MR) is 148 cm³/mol. The fourth-order valence-corrected chi connectivity index (χ4v) is 4.58. The third-order valence-corrected chi connectivity index (χ3v) is 6.74. The van der Waals surface area contributed by atoms with Crippen LogP contribution in [0.25, 0.3) is 0 Å². The summed E-state index contributed by atoms with van der Waals surface area (Å²) in [6.45, 7) is 6.47. The smallest absolute Gasteiger partial charge is 0.321 e. The molecule has 6 nitrogen and oxygen atoms in total. The molecule has 3 aromatic carbocycles. The van der Waals surface area contributed by atoms with E-state index in [1.54, 1.807) is 11.9 Å². The van der Waals surface area contributed by atoms with E-state index in [2.05, 4.69) is 21.2 Å². The molecule has 1 heterocycles. The number of amides is 2. The molecule has 1 fully saturated rings. The Kier molecular flexibility index (Phi) is 9.47. The van der Waals surface area contributed by atoms with Crippen molar-refractivity contribution < 1.29 is 9.53 Å². The van der Waals surface area contributed by atoms with Gasteiger partial charge in [0.1, 0.15) is 5.75 Å². The number of anilines is 2. The number of halogens is 1. The summed E-state index contributed by atoms with van der Waals surface area (Å²) in [6, 6.07) is 25.4. The van der Waals surface area contributed by atoms with E-state index in [9.17, 15) is 4.79 Å². The molecule has 1 aliphatic heterocycles. The van der Waals surface area contributed by atoms with Gasteiger partial charge in [0.15, 0.2) is 0 Å². The normalized spacial score (nSPS) is 13.9. The molecule has 1 aliphatic rings. The molecule has 0 saturated carbocycles. The van der Waals surface area contributed by atoms with Crippen molar-refractivity contribution in [1.82, 2.24) is 9.80 Å². The lowest BCUT2D eigenvalue weighted by atomic mass is 10.2. The Balaban J connectivity index is 1.10. The number of unbranched alkanes of at least 4 members (excludes halogenated alkanes) is 1. The highest BCUT2D eigenvalue weighted by molar-refractivity contribution is 6.33. The van der Waals surface area contributed by atoms with Gasteiger partial charge in [-0.25, -0.2) is 4.79 Å². The van der Waals surface area contributed by atoms with Crippen molar-refractivity contribution in [3.63, 3.8) is 0 Å². The van der Waals surface area contributed by atoms with E-state index in [4.69, 9.17) is 16.3 Å². The van der Waals surface area contributed by atoms with E-state index in [1.807, 2.05) is 72.8 Å². The maximum Gasteiger partial charge on any atom is 0.321 e. The van der Waals surface area contributed by atoms with Gasteiger partial charge >= 0.3 is 6.03 Å². The zero-order valence-electron chi connectivity index (χ0n) is 20.9. The minimum atomic E-state index is -0.133. The van der Waals surface area contributed by atoms with Crippen molar-refractivity contribution >= 4 is 29.0 Å². The molecule has 0 atom stereocenters. The number of hydrogen-bond acceptors (Lipinski definition) is 4. The number of para-hydroxylation sites is 2. The van der Waals surface area contributed by atoms with Crippen LogP contribution in [-0.2, 0) is 6.54 Å². The van der Waals surface area contributed by atoms with E-state index < -0.39 is 0 Å². The molecule has 1 N–H and O–H groups in total. The van der Waals surface area contributed by atoms with Crippen molar-refractivity contribution in [2.24, 2.45) is 0 Å². The standard InChI is InChI=1S/C29H35ClN4O2/c1-32(29(35)31-25-9-3-2-4-10-25)23-24-13-15-26(16-14-24)36-22-8-7-17-33-18-20-34(21-19-33)28-12-6-5-11-27(28)30/h2-6,9-16H,7-8,17-23H2,1H3,(H,31,35). The quantitative estimate of drug-likeness (QED) is 0.343. The Labute approximate surface area is 219 Å². The number of rotatable bonds is 10. The van der Waals surface area contributed by atoms with Gasteiger partial charge in [-0.2, -0.15) is 0 Å². The molecule has 190 valence electrons. The summed E-state index contributed by atoms with van der Waals surface area (Å²) in [5.41, 5.74) is 2.99. The van der Waals surface area contributed by atoms with Gasteiger partial charge in [0.05, 0.1) is 17.3 Å². The van der Waals surface area contributed by atoms with Crippen LogP contribution in [0, 0.1) is 0 Å². The summed E-state index contributed by atoms with van der Waals surface area (Å²) < 4.78 is 5.94. The van der Waals surface area contributed by atoms with Crippen LogP contribution in [0.1, 0.15) is 18.4 Å². The van der Waals surface area contributed by atoms with Crippen LogP contribution < -0.4 is 15.0 Å². The Hall–Kier alpha value is -3.22. The van der Waals surface area contributed by atoms with Gasteiger partial charge in [-0.1, -0.05) is 54.1 Å². The monoisotopic (exact) mass is 506 g/mol. The van der Waals surface area contributed by atoms with Crippen molar-refractivity contribution in [3.8, 4) is 5.75 Å². The number of hydrogen-bond donors (Lipinski definition) is 1. The number of benzene rings is 3. The summed E-state index contributed by atoms with van der Waals surface area (Å²) in [6.07, 6.45) is 2.14. The first kappa shape index (κ1) is 25.9. The Bertz CT molecular complexity index is 1090. The third kappa shape index (κ3) is 7.64. The van der Waals surface area contributed by atoms with Crippen LogP contribution in [-0.4, -0.2) is 62.2 Å². The average molecular weight is 507 g/mol. The van der Waals surface area contributed by atoms with Crippen molar-refractivity contribution in [1.29, 1.82) is 0 Å². The summed E-state index contributed by atoms with van der Waals surface area (Å²) in [4.78, 5) is 18.9. The molecule has 1 saturated heterocycles. The second-order valence-corrected chi connectivity index (χ2v) is 9.54. The van der Waals surface area contributed by atoms with Crippen molar-refractivity contribution in [2.75, 3.05) is 56.6 Å². The molecular formula is C29H35ClN4O2. The largest absolute Gasteiger partial charge is 0.494 e. The first-order valence-corrected chi connectivity index (χ1v) is 13.0. The molecule has 4 rings (SSSR count). The topological polar surface area (TPSA) is 48.1 Å². The lowest BCUT2D eigenvalue weighted by Gasteiger charge is -2.36. The molecule has 0 spiro atoms. The molecular weight excluding hydrogens is 472 g/mol. The van der Waals surface area contributed by atoms with E-state index in [0.29, 0.717) is 13.2 Å². The highest BCUT2D eigenvalue weighted by Crippen LogP contribution is 2.26. The number of carbonyl (C=O) groups is 1. The van der Waals surface area contributed by atoms with Crippen molar-refractivity contribution in [3.05, 3.63) is 89.4 Å². The van der Waals surface area contributed by atoms with E-state index in [-0.39, 0.29) is 6.03 Å². The van der Waals surface area contributed by atoms with Crippen molar-refractivity contribution in [2.45, 2.75) is 19.4 Å². The average Bonchev–Trinajstić information content (AvgIpc) is 2.91. The Morgan fingerprint density at radius 3 is 2.33 bits per heavy atom. The van der Waals surface area contributed by atoms with Crippen LogP contribution >= 0.6 is 11.6 Å². The molecule has 7 heteroatoms. The number of piperazine rings is 1. The predicted octanol–water partition coefficient (Wildman–Crippen LogP) is 5.99. The molecule has 0 aliphatic carbocycles. The zero-order valence-corrected chi connectivity index (χ0v) is 21.7. The van der Waals surface area contributed by atoms with E-state index >= 15 is 0 Å². The fraction of sp³-hybridized carbons (Fsp3) is 0.345. The summed E-state index contributed by atoms with van der Waals surface area (Å²) in [5, 5.41) is 3.73. The number of nitrogens with one attached hydrogen (secondary N) is 1. The second kappa shape index (κ2) is 13.2. The summed E-state index contributed by atoms with van der Waals surface area (Å²) >= 11 is 6.35. The molecule has 0 aromatic heterocycles. The highest BCUT2D eigenvalue weighted by atomic mass is 35.5. The lowest BCUT2D eigenvalue weighted by Crippen LogP contribution is -2.46. The minimum absolute atomic E-state index is 0.133. The van der Waals surface area contributed by atoms with Gasteiger partial charge in [0.2, 0.25) is 0 Å². The van der Waals surface area contributed by atoms with E-state index in [1.165, 1.54) is 0 Å². The van der Waals surface area contributed by atoms with Gasteiger partial charge in [-0.05, 0) is 61.3 Å². The molecule has 36 heavy (non-hydrogen) atoms. The second-order valence-electron chi connectivity index (χ2n) is 9.13. The van der Waals surface area contributed by atoms with Crippen LogP contribution in [0.15, 0.2) is 78.9 Å². The van der Waals surface area contributed by atoms with Gasteiger partial charge in [0, 0.05) is 45.5 Å². The first-order chi connectivity index (χ1) is 17.6. The molecule has 0 unspecified atom stereocenters. The number of ether oxygens (including phenoxy) is 1.